The molecule has 14 heteroatoms. The van der Waals surface area contributed by atoms with Crippen molar-refractivity contribution in [3.8, 4) is 5.75 Å². The topological polar surface area (TPSA) is 157 Å². The van der Waals surface area contributed by atoms with Crippen LogP contribution in [0.25, 0.3) is 10.9 Å². The first-order chi connectivity index (χ1) is 23.1. The number of nitrogens with zero attached hydrogens (tertiary/aromatic N) is 3. The average Bonchev–Trinajstić information content (AvgIpc) is 3.69. The van der Waals surface area contributed by atoms with Crippen LogP contribution in [-0.4, -0.2) is 104 Å². The molecule has 0 spiro atoms. The minimum absolute atomic E-state index is 0.0450. The number of aliphatic hydroxyl groups excluding tert-OH is 1. The lowest BCUT2D eigenvalue weighted by Gasteiger charge is -2.30. The van der Waals surface area contributed by atoms with E-state index in [1.807, 2.05) is 24.3 Å². The van der Waals surface area contributed by atoms with Crippen LogP contribution in [0.15, 0.2) is 71.5 Å². The monoisotopic (exact) mass is 682 g/mol. The predicted octanol–water partition coefficient (Wildman–Crippen LogP) is 2.85. The zero-order valence-corrected chi connectivity index (χ0v) is 28.0. The van der Waals surface area contributed by atoms with Crippen LogP contribution in [0, 0.1) is 0 Å². The fourth-order valence-corrected chi connectivity index (χ4v) is 7.46. The molecule has 13 nitrogen and oxygen atoms in total. The van der Waals surface area contributed by atoms with Crippen LogP contribution in [0.1, 0.15) is 48.9 Å². The molecule has 258 valence electrons. The Hall–Kier alpha value is -4.24. The van der Waals surface area contributed by atoms with Gasteiger partial charge in [-0.05, 0) is 54.8 Å². The maximum absolute atomic E-state index is 13.4. The van der Waals surface area contributed by atoms with E-state index >= 15 is 0 Å². The number of nitrogens with one attached hydrogen (secondary N) is 1. The normalized spacial score (nSPS) is 18.2. The summed E-state index contributed by atoms with van der Waals surface area (Å²) in [5.41, 5.74) is 1.56. The Morgan fingerprint density at radius 2 is 1.90 bits per heavy atom. The van der Waals surface area contributed by atoms with Gasteiger partial charge in [-0.2, -0.15) is 4.31 Å². The van der Waals surface area contributed by atoms with Crippen LogP contribution in [0.4, 0.5) is 0 Å². The lowest BCUT2D eigenvalue weighted by Crippen LogP contribution is -2.38. The van der Waals surface area contributed by atoms with E-state index in [1.165, 1.54) is 26.2 Å². The minimum Gasteiger partial charge on any atom is -0.497 e. The molecule has 1 fully saturated rings. The third-order valence-corrected chi connectivity index (χ3v) is 10.4. The van der Waals surface area contributed by atoms with Crippen molar-refractivity contribution in [1.82, 2.24) is 19.1 Å². The first kappa shape index (κ1) is 35.1. The number of allylic oxidation sites excluding steroid dienone is 1. The van der Waals surface area contributed by atoms with E-state index in [0.717, 1.165) is 33.7 Å². The highest BCUT2D eigenvalue weighted by Crippen LogP contribution is 2.36. The molecule has 48 heavy (non-hydrogen) atoms. The number of hydrogen-bond donors (Lipinski definition) is 2. The van der Waals surface area contributed by atoms with E-state index in [1.54, 1.807) is 33.9 Å². The summed E-state index contributed by atoms with van der Waals surface area (Å²) >= 11 is 0. The summed E-state index contributed by atoms with van der Waals surface area (Å²) in [6, 6.07) is 13.5. The standard InChI is InChI=1S/C34H42N4O9S/c1-24(40)38-23-29(28-7-3-4-8-30(28)38)25-21-31(34(42)35-14-6-16-36-15-5-9-32(36)41)47-33(22-25)46-20-18-37(17-19-39)48(43,44)27-12-10-26(45-2)11-13-27/h3-4,7-8,10-13,21,23,25,33,39H,5-6,9,14-20,22H2,1-2H3,(H,35,42). The van der Waals surface area contributed by atoms with Gasteiger partial charge in [-0.3, -0.25) is 19.0 Å². The Morgan fingerprint density at radius 3 is 2.58 bits per heavy atom. The van der Waals surface area contributed by atoms with Crippen molar-refractivity contribution >= 4 is 38.6 Å². The predicted molar refractivity (Wildman–Crippen MR) is 177 cm³/mol. The smallest absolute Gasteiger partial charge is 0.286 e. The number of para-hydroxylation sites is 1. The van der Waals surface area contributed by atoms with E-state index in [0.29, 0.717) is 38.1 Å². The SMILES string of the molecule is COc1ccc(S(=O)(=O)N(CCO)CCOC2CC(c3cn(C(C)=O)c4ccccc34)C=C(C(=O)NCCCN3CCCC3=O)O2)cc1. The molecule has 0 radical (unpaired) electrons. The van der Waals surface area contributed by atoms with Crippen LogP contribution in [0.3, 0.4) is 0 Å². The zero-order valence-electron chi connectivity index (χ0n) is 27.2. The molecule has 2 aromatic carbocycles. The van der Waals surface area contributed by atoms with E-state index in [9.17, 15) is 27.9 Å². The number of likely N-dealkylation sites (tertiary alicyclic amines) is 1. The van der Waals surface area contributed by atoms with Gasteiger partial charge in [0.25, 0.3) is 5.91 Å². The Bertz CT molecular complexity index is 1750. The van der Waals surface area contributed by atoms with E-state index in [-0.39, 0.29) is 48.1 Å². The molecular formula is C34H42N4O9S. The number of benzene rings is 2. The fourth-order valence-electron chi connectivity index (χ4n) is 6.04. The molecule has 2 atom stereocenters. The Balaban J connectivity index is 1.31. The molecule has 2 aliphatic rings. The van der Waals surface area contributed by atoms with Crippen LogP contribution < -0.4 is 10.1 Å². The lowest BCUT2D eigenvalue weighted by molar-refractivity contribution is -0.146. The maximum Gasteiger partial charge on any atom is 0.286 e. The Morgan fingerprint density at radius 1 is 1.12 bits per heavy atom. The number of amides is 2. The van der Waals surface area contributed by atoms with E-state index in [2.05, 4.69) is 5.32 Å². The summed E-state index contributed by atoms with van der Waals surface area (Å²) in [7, 11) is -2.47. The number of carbonyl (C=O) groups excluding carboxylic acids is 3. The number of carbonyl (C=O) groups is 3. The molecule has 0 aliphatic carbocycles. The quantitative estimate of drug-likeness (QED) is 0.230. The van der Waals surface area contributed by atoms with Crippen molar-refractivity contribution in [1.29, 1.82) is 0 Å². The van der Waals surface area contributed by atoms with E-state index in [4.69, 9.17) is 14.2 Å². The zero-order chi connectivity index (χ0) is 34.3. The Kier molecular flexibility index (Phi) is 11.5. The number of hydrogen-bond acceptors (Lipinski definition) is 9. The Labute approximate surface area is 280 Å². The summed E-state index contributed by atoms with van der Waals surface area (Å²) in [6.45, 7) is 2.40. The second-order valence-corrected chi connectivity index (χ2v) is 13.6. The molecule has 2 N–H and O–H groups in total. The molecule has 3 heterocycles. The third-order valence-electron chi connectivity index (χ3n) is 8.52. The number of sulfonamides is 1. The average molecular weight is 683 g/mol. The van der Waals surface area contributed by atoms with Crippen molar-refractivity contribution in [3.05, 3.63) is 72.1 Å². The van der Waals surface area contributed by atoms with Crippen LogP contribution in [0.5, 0.6) is 5.75 Å². The van der Waals surface area contributed by atoms with Crippen molar-refractivity contribution in [3.63, 3.8) is 0 Å². The van der Waals surface area contributed by atoms with Crippen molar-refractivity contribution in [2.45, 2.75) is 49.7 Å². The molecule has 1 saturated heterocycles. The summed E-state index contributed by atoms with van der Waals surface area (Å²) in [5, 5.41) is 13.4. The second-order valence-electron chi connectivity index (χ2n) is 11.7. The number of fused-ring (bicyclic) bond motifs is 1. The van der Waals surface area contributed by atoms with Crippen molar-refractivity contribution in [2.75, 3.05) is 53.0 Å². The van der Waals surface area contributed by atoms with Gasteiger partial charge in [0, 0.05) is 70.0 Å². The molecule has 1 aromatic heterocycles. The first-order valence-electron chi connectivity index (χ1n) is 16.0. The highest BCUT2D eigenvalue weighted by Gasteiger charge is 2.32. The van der Waals surface area contributed by atoms with Gasteiger partial charge in [0.1, 0.15) is 5.75 Å². The number of aromatic nitrogens is 1. The third kappa shape index (κ3) is 8.06. The number of rotatable bonds is 15. The van der Waals surface area contributed by atoms with Gasteiger partial charge in [-0.25, -0.2) is 8.42 Å². The van der Waals surface area contributed by atoms with Crippen LogP contribution in [-0.2, 0) is 29.1 Å². The molecule has 0 saturated carbocycles. The molecule has 2 unspecified atom stereocenters. The fraction of sp³-hybridized carbons (Fsp3) is 0.441. The summed E-state index contributed by atoms with van der Waals surface area (Å²) < 4.78 is 46.6. The van der Waals surface area contributed by atoms with Gasteiger partial charge in [0.2, 0.25) is 28.1 Å². The van der Waals surface area contributed by atoms with Gasteiger partial charge in [-0.1, -0.05) is 18.2 Å². The highest BCUT2D eigenvalue weighted by atomic mass is 32.2. The van der Waals surface area contributed by atoms with Crippen LogP contribution >= 0.6 is 0 Å². The van der Waals surface area contributed by atoms with E-state index < -0.39 is 28.8 Å². The van der Waals surface area contributed by atoms with Gasteiger partial charge < -0.3 is 29.5 Å². The molecule has 2 amide bonds. The van der Waals surface area contributed by atoms with Gasteiger partial charge >= 0.3 is 0 Å². The second kappa shape index (κ2) is 15.8. The van der Waals surface area contributed by atoms with Gasteiger partial charge in [0.05, 0.1) is 30.7 Å². The van der Waals surface area contributed by atoms with Gasteiger partial charge in [0.15, 0.2) is 5.76 Å². The molecule has 5 rings (SSSR count). The first-order valence-corrected chi connectivity index (χ1v) is 17.5. The number of methoxy groups -OCH3 is 1. The molecule has 2 aliphatic heterocycles. The molecule has 0 bridgehead atoms. The minimum atomic E-state index is -3.96. The van der Waals surface area contributed by atoms with Crippen molar-refractivity contribution < 1.29 is 42.1 Å². The number of aliphatic hydroxyl groups is 1. The lowest BCUT2D eigenvalue weighted by atomic mass is 9.92. The maximum atomic E-state index is 13.4. The van der Waals surface area contributed by atoms with Crippen molar-refractivity contribution in [2.24, 2.45) is 0 Å². The molecular weight excluding hydrogens is 640 g/mol. The molecule has 3 aromatic rings. The summed E-state index contributed by atoms with van der Waals surface area (Å²) in [5.74, 6) is -0.282. The largest absolute Gasteiger partial charge is 0.497 e. The summed E-state index contributed by atoms with van der Waals surface area (Å²) in [4.78, 5) is 39.6. The highest BCUT2D eigenvalue weighted by molar-refractivity contribution is 7.89. The van der Waals surface area contributed by atoms with Gasteiger partial charge in [-0.15, -0.1) is 0 Å². The van der Waals surface area contributed by atoms with Crippen LogP contribution in [0.2, 0.25) is 0 Å². The number of ether oxygens (including phenoxy) is 3. The summed E-state index contributed by atoms with van der Waals surface area (Å²) in [6.07, 6.45) is 4.86.